The average molecular weight is 259 g/mol. The Labute approximate surface area is 112 Å². The summed E-state index contributed by atoms with van der Waals surface area (Å²) in [4.78, 5) is 23.5. The van der Waals surface area contributed by atoms with Crippen molar-refractivity contribution in [2.75, 3.05) is 5.32 Å². The summed E-state index contributed by atoms with van der Waals surface area (Å²) in [7, 11) is 0. The lowest BCUT2D eigenvalue weighted by molar-refractivity contribution is -0.123. The quantitative estimate of drug-likeness (QED) is 0.847. The van der Waals surface area contributed by atoms with Gasteiger partial charge >= 0.3 is 0 Å². The molecule has 0 fully saturated rings. The first-order chi connectivity index (χ1) is 9.00. The van der Waals surface area contributed by atoms with Crippen molar-refractivity contribution >= 4 is 17.5 Å². The van der Waals surface area contributed by atoms with Crippen LogP contribution in [0.2, 0.25) is 0 Å². The topological polar surface area (TPSA) is 96.0 Å². The van der Waals surface area contributed by atoms with Gasteiger partial charge in [0, 0.05) is 0 Å². The maximum atomic E-state index is 12.2. The van der Waals surface area contributed by atoms with Crippen LogP contribution in [0.3, 0.4) is 0 Å². The molecule has 0 bridgehead atoms. The highest BCUT2D eigenvalue weighted by Gasteiger charge is 2.35. The van der Waals surface area contributed by atoms with Gasteiger partial charge in [-0.05, 0) is 25.0 Å². The Kier molecular flexibility index (Phi) is 4.65. The van der Waals surface area contributed by atoms with Crippen molar-refractivity contribution in [3.63, 3.8) is 0 Å². The molecule has 1 aromatic rings. The van der Waals surface area contributed by atoms with E-state index in [2.05, 4.69) is 11.4 Å². The van der Waals surface area contributed by atoms with E-state index in [1.165, 1.54) is 6.07 Å². The summed E-state index contributed by atoms with van der Waals surface area (Å²) in [5, 5.41) is 11.8. The van der Waals surface area contributed by atoms with Gasteiger partial charge in [0.25, 0.3) is 5.91 Å². The number of carbonyl (C=O) groups excluding carboxylic acids is 2. The number of hydrogen-bond donors (Lipinski definition) is 2. The van der Waals surface area contributed by atoms with Crippen LogP contribution in [-0.2, 0) is 4.79 Å². The smallest absolute Gasteiger partial charge is 0.250 e. The molecule has 0 aromatic heterocycles. The minimum Gasteiger partial charge on any atom is -0.366 e. The molecule has 0 aliphatic heterocycles. The summed E-state index contributed by atoms with van der Waals surface area (Å²) < 4.78 is 0. The number of nitrogens with two attached hydrogens (primary N) is 1. The lowest BCUT2D eigenvalue weighted by Gasteiger charge is -2.22. The largest absolute Gasteiger partial charge is 0.366 e. The van der Waals surface area contributed by atoms with Crippen molar-refractivity contribution in [1.82, 2.24) is 0 Å². The predicted molar refractivity (Wildman–Crippen MR) is 72.2 cm³/mol. The minimum atomic E-state index is -1.08. The highest BCUT2D eigenvalue weighted by molar-refractivity contribution is 6.04. The van der Waals surface area contributed by atoms with Gasteiger partial charge in [-0.25, -0.2) is 0 Å². The molecule has 0 spiro atoms. The van der Waals surface area contributed by atoms with E-state index in [1.54, 1.807) is 32.0 Å². The van der Waals surface area contributed by atoms with Gasteiger partial charge in [0.15, 0.2) is 0 Å². The third kappa shape index (κ3) is 2.91. The van der Waals surface area contributed by atoms with Crippen LogP contribution in [0.4, 0.5) is 5.69 Å². The fourth-order valence-electron chi connectivity index (χ4n) is 1.83. The number of para-hydroxylation sites is 1. The molecule has 0 saturated heterocycles. The van der Waals surface area contributed by atoms with Crippen molar-refractivity contribution in [3.8, 4) is 6.07 Å². The fraction of sp³-hybridized carbons (Fsp3) is 0.357. The van der Waals surface area contributed by atoms with E-state index >= 15 is 0 Å². The van der Waals surface area contributed by atoms with E-state index < -0.39 is 17.2 Å². The molecule has 100 valence electrons. The number of nitrogens with zero attached hydrogens (tertiary/aromatic N) is 1. The van der Waals surface area contributed by atoms with Gasteiger partial charge in [-0.15, -0.1) is 0 Å². The molecule has 19 heavy (non-hydrogen) atoms. The van der Waals surface area contributed by atoms with Crippen LogP contribution in [0.1, 0.15) is 37.0 Å². The monoisotopic (exact) mass is 259 g/mol. The van der Waals surface area contributed by atoms with Crippen LogP contribution in [-0.4, -0.2) is 11.8 Å². The average Bonchev–Trinajstić information content (AvgIpc) is 2.41. The lowest BCUT2D eigenvalue weighted by atomic mass is 9.83. The van der Waals surface area contributed by atoms with E-state index in [9.17, 15) is 14.9 Å². The van der Waals surface area contributed by atoms with E-state index in [1.807, 2.05) is 0 Å². The zero-order valence-electron chi connectivity index (χ0n) is 11.1. The van der Waals surface area contributed by atoms with Crippen molar-refractivity contribution in [2.45, 2.75) is 26.7 Å². The fourth-order valence-corrected chi connectivity index (χ4v) is 1.83. The van der Waals surface area contributed by atoms with Crippen LogP contribution in [0, 0.1) is 16.7 Å². The summed E-state index contributed by atoms with van der Waals surface area (Å²) in [6.45, 7) is 3.57. The van der Waals surface area contributed by atoms with Crippen molar-refractivity contribution in [1.29, 1.82) is 5.26 Å². The van der Waals surface area contributed by atoms with E-state index in [4.69, 9.17) is 5.73 Å². The third-order valence-corrected chi connectivity index (χ3v) is 3.30. The third-order valence-electron chi connectivity index (χ3n) is 3.30. The molecule has 2 amide bonds. The number of anilines is 1. The molecule has 0 heterocycles. The number of nitrogens with one attached hydrogen (secondary N) is 1. The second-order valence-electron chi connectivity index (χ2n) is 4.26. The Morgan fingerprint density at radius 1 is 1.32 bits per heavy atom. The molecular weight excluding hydrogens is 242 g/mol. The molecule has 5 nitrogen and oxygen atoms in total. The van der Waals surface area contributed by atoms with E-state index in [-0.39, 0.29) is 5.56 Å². The normalized spacial score (nSPS) is 10.6. The minimum absolute atomic E-state index is 0.231. The van der Waals surface area contributed by atoms with Crippen molar-refractivity contribution < 1.29 is 9.59 Å². The van der Waals surface area contributed by atoms with Gasteiger partial charge < -0.3 is 11.1 Å². The van der Waals surface area contributed by atoms with Crippen LogP contribution < -0.4 is 11.1 Å². The molecule has 1 rings (SSSR count). The molecule has 0 atom stereocenters. The maximum absolute atomic E-state index is 12.2. The Morgan fingerprint density at radius 2 is 1.89 bits per heavy atom. The van der Waals surface area contributed by atoms with Gasteiger partial charge in [-0.2, -0.15) is 5.26 Å². The maximum Gasteiger partial charge on any atom is 0.250 e. The Bertz CT molecular complexity index is 528. The van der Waals surface area contributed by atoms with Gasteiger partial charge in [-0.1, -0.05) is 26.0 Å². The summed E-state index contributed by atoms with van der Waals surface area (Å²) in [5.41, 5.74) is 4.73. The van der Waals surface area contributed by atoms with Crippen LogP contribution >= 0.6 is 0 Å². The van der Waals surface area contributed by atoms with Crippen molar-refractivity contribution in [2.24, 2.45) is 11.1 Å². The number of nitriles is 1. The number of amides is 2. The molecule has 0 aliphatic rings. The summed E-state index contributed by atoms with van der Waals surface area (Å²) in [5.74, 6) is -1.03. The predicted octanol–water partition coefficient (Wildman–Crippen LogP) is 2.05. The van der Waals surface area contributed by atoms with Gasteiger partial charge in [0.1, 0.15) is 5.41 Å². The van der Waals surface area contributed by atoms with Crippen LogP contribution in [0.25, 0.3) is 0 Å². The van der Waals surface area contributed by atoms with Crippen LogP contribution in [0.5, 0.6) is 0 Å². The summed E-state index contributed by atoms with van der Waals surface area (Å²) in [6.07, 6.45) is 0.815. The number of primary amides is 1. The Hall–Kier alpha value is -2.35. The highest BCUT2D eigenvalue weighted by atomic mass is 16.2. The van der Waals surface area contributed by atoms with Crippen molar-refractivity contribution in [3.05, 3.63) is 29.8 Å². The Morgan fingerprint density at radius 3 is 2.37 bits per heavy atom. The summed E-state index contributed by atoms with van der Waals surface area (Å²) >= 11 is 0. The summed E-state index contributed by atoms with van der Waals surface area (Å²) in [6, 6.07) is 8.52. The SMILES string of the molecule is CCC(C#N)(CC)C(=O)Nc1ccccc1C(N)=O. The molecule has 0 saturated carbocycles. The number of hydrogen-bond acceptors (Lipinski definition) is 3. The molecule has 1 aromatic carbocycles. The zero-order chi connectivity index (χ0) is 14.5. The molecule has 0 unspecified atom stereocenters. The van der Waals surface area contributed by atoms with Gasteiger partial charge in [0.05, 0.1) is 17.3 Å². The second kappa shape index (κ2) is 6.01. The molecule has 5 heteroatoms. The Balaban J connectivity index is 3.07. The number of benzene rings is 1. The lowest BCUT2D eigenvalue weighted by Crippen LogP contribution is -2.34. The molecule has 0 aliphatic carbocycles. The first kappa shape index (κ1) is 14.7. The van der Waals surface area contributed by atoms with Gasteiger partial charge in [-0.3, -0.25) is 9.59 Å². The molecular formula is C14H17N3O2. The highest BCUT2D eigenvalue weighted by Crippen LogP contribution is 2.28. The van der Waals surface area contributed by atoms with E-state index in [0.717, 1.165) is 0 Å². The zero-order valence-corrected chi connectivity index (χ0v) is 11.1. The molecule has 0 radical (unpaired) electrons. The first-order valence-corrected chi connectivity index (χ1v) is 6.12. The number of carbonyl (C=O) groups is 2. The number of rotatable bonds is 5. The first-order valence-electron chi connectivity index (χ1n) is 6.12. The second-order valence-corrected chi connectivity index (χ2v) is 4.26. The van der Waals surface area contributed by atoms with Crippen LogP contribution in [0.15, 0.2) is 24.3 Å². The van der Waals surface area contributed by atoms with E-state index in [0.29, 0.717) is 18.5 Å². The molecule has 3 N–H and O–H groups in total. The van der Waals surface area contributed by atoms with Gasteiger partial charge in [0.2, 0.25) is 5.91 Å². The standard InChI is InChI=1S/C14H17N3O2/c1-3-14(4-2,9-15)13(19)17-11-8-6-5-7-10(11)12(16)18/h5-8H,3-4H2,1-2H3,(H2,16,18)(H,17,19).